The Balaban J connectivity index is 1.51. The third-order valence-corrected chi connectivity index (χ3v) is 4.10. The van der Waals surface area contributed by atoms with Gasteiger partial charge in [0.05, 0.1) is 25.3 Å². The van der Waals surface area contributed by atoms with Gasteiger partial charge in [0.2, 0.25) is 0 Å². The summed E-state index contributed by atoms with van der Waals surface area (Å²) in [4.78, 5) is 15.0. The fraction of sp³-hybridized carbons (Fsp3) is 0.158. The van der Waals surface area contributed by atoms with E-state index in [0.717, 1.165) is 22.7 Å². The second-order valence-electron chi connectivity index (χ2n) is 6.20. The minimum Gasteiger partial charge on any atom is -0.467 e. The van der Waals surface area contributed by atoms with Crippen LogP contribution in [0.25, 0.3) is 11.2 Å². The van der Waals surface area contributed by atoms with Crippen molar-refractivity contribution in [1.29, 1.82) is 0 Å². The van der Waals surface area contributed by atoms with Gasteiger partial charge in [0, 0.05) is 19.8 Å². The Morgan fingerprint density at radius 2 is 2.00 bits per heavy atom. The number of hydrogen-bond donors (Lipinski definition) is 1. The number of benzene rings is 1. The lowest BCUT2D eigenvalue weighted by Gasteiger charge is -2.11. The summed E-state index contributed by atoms with van der Waals surface area (Å²) in [7, 11) is 4.02. The number of hydrogen-bond acceptors (Lipinski definition) is 7. The van der Waals surface area contributed by atoms with Gasteiger partial charge in [0.25, 0.3) is 0 Å². The van der Waals surface area contributed by atoms with Gasteiger partial charge < -0.3 is 13.9 Å². The molecule has 3 heterocycles. The number of fused-ring (bicyclic) bond motifs is 1. The average molecular weight is 361 g/mol. The molecular formula is C19H19N7O. The molecule has 0 radical (unpaired) electrons. The third-order valence-electron chi connectivity index (χ3n) is 4.10. The lowest BCUT2D eigenvalue weighted by molar-refractivity contribution is 0.495. The summed E-state index contributed by atoms with van der Waals surface area (Å²) in [6, 6.07) is 11.9. The molecule has 0 aliphatic heterocycles. The van der Waals surface area contributed by atoms with Gasteiger partial charge in [-0.3, -0.25) is 5.43 Å². The van der Waals surface area contributed by atoms with Crippen LogP contribution >= 0.6 is 0 Å². The van der Waals surface area contributed by atoms with Crippen LogP contribution < -0.4 is 10.3 Å². The first-order chi connectivity index (χ1) is 13.2. The van der Waals surface area contributed by atoms with Crippen molar-refractivity contribution < 1.29 is 4.42 Å². The molecule has 3 aromatic heterocycles. The number of aromatic nitrogens is 4. The van der Waals surface area contributed by atoms with E-state index in [1.54, 1.807) is 18.8 Å². The monoisotopic (exact) mass is 361 g/mol. The zero-order chi connectivity index (χ0) is 18.6. The van der Waals surface area contributed by atoms with Gasteiger partial charge in [0.1, 0.15) is 12.1 Å². The topological polar surface area (TPSA) is 84.4 Å². The summed E-state index contributed by atoms with van der Waals surface area (Å²) in [6.07, 6.45) is 6.60. The van der Waals surface area contributed by atoms with Crippen molar-refractivity contribution in [2.24, 2.45) is 5.10 Å². The number of hydrazone groups is 1. The van der Waals surface area contributed by atoms with E-state index in [9.17, 15) is 0 Å². The average Bonchev–Trinajstić information content (AvgIpc) is 3.33. The number of anilines is 2. The van der Waals surface area contributed by atoms with E-state index >= 15 is 0 Å². The highest BCUT2D eigenvalue weighted by Gasteiger charge is 2.10. The maximum atomic E-state index is 5.39. The van der Waals surface area contributed by atoms with Crippen molar-refractivity contribution in [3.8, 4) is 0 Å². The number of nitrogens with one attached hydrogen (secondary N) is 1. The number of rotatable bonds is 6. The Morgan fingerprint density at radius 3 is 2.74 bits per heavy atom. The molecule has 0 bridgehead atoms. The van der Waals surface area contributed by atoms with Crippen molar-refractivity contribution in [2.45, 2.75) is 6.54 Å². The van der Waals surface area contributed by atoms with Crippen LogP contribution in [-0.2, 0) is 6.54 Å². The van der Waals surface area contributed by atoms with Crippen molar-refractivity contribution in [2.75, 3.05) is 24.4 Å². The van der Waals surface area contributed by atoms with Crippen molar-refractivity contribution in [1.82, 2.24) is 19.5 Å². The van der Waals surface area contributed by atoms with Crippen LogP contribution in [0.3, 0.4) is 0 Å². The maximum Gasteiger partial charge on any atom is 0.177 e. The predicted octanol–water partition coefficient (Wildman–Crippen LogP) is 2.98. The molecule has 0 spiro atoms. The summed E-state index contributed by atoms with van der Waals surface area (Å²) >= 11 is 0. The lowest BCUT2D eigenvalue weighted by atomic mass is 10.2. The Morgan fingerprint density at radius 1 is 1.15 bits per heavy atom. The molecule has 4 rings (SSSR count). The maximum absolute atomic E-state index is 5.39. The van der Waals surface area contributed by atoms with Crippen LogP contribution in [0.4, 0.5) is 11.5 Å². The molecule has 1 N–H and O–H groups in total. The molecule has 27 heavy (non-hydrogen) atoms. The minimum atomic E-state index is 0.555. The van der Waals surface area contributed by atoms with Gasteiger partial charge in [-0.05, 0) is 29.8 Å². The number of furan rings is 1. The predicted molar refractivity (Wildman–Crippen MR) is 105 cm³/mol. The Bertz CT molecular complexity index is 1050. The van der Waals surface area contributed by atoms with Crippen LogP contribution in [0.15, 0.2) is 64.8 Å². The second kappa shape index (κ2) is 7.28. The van der Waals surface area contributed by atoms with Crippen LogP contribution in [0.2, 0.25) is 0 Å². The van der Waals surface area contributed by atoms with E-state index in [2.05, 4.69) is 30.4 Å². The molecule has 4 aromatic rings. The van der Waals surface area contributed by atoms with Gasteiger partial charge in [-0.15, -0.1) is 0 Å². The largest absolute Gasteiger partial charge is 0.467 e. The van der Waals surface area contributed by atoms with E-state index in [0.29, 0.717) is 17.9 Å². The van der Waals surface area contributed by atoms with Crippen LogP contribution in [-0.4, -0.2) is 39.8 Å². The van der Waals surface area contributed by atoms with E-state index in [1.807, 2.05) is 55.1 Å². The summed E-state index contributed by atoms with van der Waals surface area (Å²) in [5, 5.41) is 4.27. The summed E-state index contributed by atoms with van der Waals surface area (Å²) in [5.74, 6) is 1.39. The van der Waals surface area contributed by atoms with Gasteiger partial charge in [-0.1, -0.05) is 12.1 Å². The van der Waals surface area contributed by atoms with E-state index in [-0.39, 0.29) is 0 Å². The fourth-order valence-electron chi connectivity index (χ4n) is 2.68. The van der Waals surface area contributed by atoms with Crippen LogP contribution in [0.1, 0.15) is 11.3 Å². The SMILES string of the molecule is CN(C)c1ccc(/C=N\Nc2ncnc3c2ncn3Cc2ccco2)cc1. The first kappa shape index (κ1) is 16.8. The van der Waals surface area contributed by atoms with E-state index in [1.165, 1.54) is 6.33 Å². The Hall–Kier alpha value is -3.68. The van der Waals surface area contributed by atoms with Crippen molar-refractivity contribution in [3.63, 3.8) is 0 Å². The van der Waals surface area contributed by atoms with Crippen LogP contribution in [0.5, 0.6) is 0 Å². The molecule has 0 saturated heterocycles. The van der Waals surface area contributed by atoms with Gasteiger partial charge in [-0.2, -0.15) is 5.10 Å². The second-order valence-corrected chi connectivity index (χ2v) is 6.20. The smallest absolute Gasteiger partial charge is 0.177 e. The molecular weight excluding hydrogens is 342 g/mol. The van der Waals surface area contributed by atoms with Gasteiger partial charge in [-0.25, -0.2) is 15.0 Å². The number of nitrogens with zero attached hydrogens (tertiary/aromatic N) is 6. The Labute approximate surface area is 156 Å². The third kappa shape index (κ3) is 3.64. The molecule has 8 heteroatoms. The molecule has 8 nitrogen and oxygen atoms in total. The quantitative estimate of drug-likeness (QED) is 0.420. The summed E-state index contributed by atoms with van der Waals surface area (Å²) in [5.41, 5.74) is 6.45. The minimum absolute atomic E-state index is 0.555. The lowest BCUT2D eigenvalue weighted by Crippen LogP contribution is -2.08. The highest BCUT2D eigenvalue weighted by Crippen LogP contribution is 2.18. The summed E-state index contributed by atoms with van der Waals surface area (Å²) in [6.45, 7) is 0.557. The molecule has 0 fully saturated rings. The van der Waals surface area contributed by atoms with Gasteiger partial charge in [0.15, 0.2) is 17.0 Å². The van der Waals surface area contributed by atoms with Crippen LogP contribution in [0, 0.1) is 0 Å². The Kier molecular flexibility index (Phi) is 4.52. The molecule has 1 aromatic carbocycles. The van der Waals surface area contributed by atoms with E-state index < -0.39 is 0 Å². The first-order valence-electron chi connectivity index (χ1n) is 8.45. The molecule has 0 unspecified atom stereocenters. The highest BCUT2D eigenvalue weighted by molar-refractivity contribution is 5.85. The number of imidazole rings is 1. The van der Waals surface area contributed by atoms with Gasteiger partial charge >= 0.3 is 0 Å². The summed E-state index contributed by atoms with van der Waals surface area (Å²) < 4.78 is 7.30. The molecule has 136 valence electrons. The molecule has 0 aliphatic rings. The zero-order valence-electron chi connectivity index (χ0n) is 15.1. The standard InChI is InChI=1S/C19H19N7O/c1-25(2)15-7-5-14(6-8-15)10-23-24-18-17-19(21-12-20-18)26(13-22-17)11-16-4-3-9-27-16/h3-10,12-13H,11H2,1-2H3,(H,20,21,24)/b23-10-. The van der Waals surface area contributed by atoms with Crippen molar-refractivity contribution in [3.05, 3.63) is 66.6 Å². The molecule has 0 atom stereocenters. The highest BCUT2D eigenvalue weighted by atomic mass is 16.3. The van der Waals surface area contributed by atoms with E-state index in [4.69, 9.17) is 4.42 Å². The first-order valence-corrected chi connectivity index (χ1v) is 8.45. The fourth-order valence-corrected chi connectivity index (χ4v) is 2.68. The van der Waals surface area contributed by atoms with Crippen molar-refractivity contribution >= 4 is 28.9 Å². The molecule has 0 saturated carbocycles. The molecule has 0 aliphatic carbocycles. The zero-order valence-corrected chi connectivity index (χ0v) is 15.1. The molecule has 0 amide bonds. The normalized spacial score (nSPS) is 11.3.